The van der Waals surface area contributed by atoms with Crippen molar-refractivity contribution in [2.24, 2.45) is 0 Å². The lowest BCUT2D eigenvalue weighted by atomic mass is 10.1. The summed E-state index contributed by atoms with van der Waals surface area (Å²) in [5.74, 6) is 0.382. The van der Waals surface area contributed by atoms with Gasteiger partial charge < -0.3 is 9.32 Å². The maximum atomic E-state index is 13.8. The number of nitrogens with zero attached hydrogens (tertiary/aromatic N) is 1. The van der Waals surface area contributed by atoms with Gasteiger partial charge in [-0.2, -0.15) is 0 Å². The molecule has 5 heteroatoms. The smallest absolute Gasteiger partial charge is 0.223 e. The van der Waals surface area contributed by atoms with Crippen molar-refractivity contribution < 1.29 is 13.6 Å². The Kier molecular flexibility index (Phi) is 5.95. The van der Waals surface area contributed by atoms with Crippen LogP contribution < -0.4 is 0 Å². The second-order valence-corrected chi connectivity index (χ2v) is 5.79. The molecular weight excluding hydrogens is 349 g/mol. The van der Waals surface area contributed by atoms with Crippen molar-refractivity contribution in [1.82, 2.24) is 4.90 Å². The Hall–Kier alpha value is -1.88. The molecule has 0 aliphatic carbocycles. The number of hydrogen-bond acceptors (Lipinski definition) is 2. The van der Waals surface area contributed by atoms with E-state index in [1.54, 1.807) is 35.4 Å². The fourth-order valence-corrected chi connectivity index (χ4v) is 2.53. The van der Waals surface area contributed by atoms with Crippen molar-refractivity contribution in [2.75, 3.05) is 6.54 Å². The highest BCUT2D eigenvalue weighted by molar-refractivity contribution is 9.10. The minimum absolute atomic E-state index is 0.0596. The van der Waals surface area contributed by atoms with E-state index in [0.717, 1.165) is 10.2 Å². The molecule has 0 radical (unpaired) electrons. The van der Waals surface area contributed by atoms with E-state index in [9.17, 15) is 9.18 Å². The van der Waals surface area contributed by atoms with E-state index in [1.807, 2.05) is 6.07 Å². The number of furan rings is 1. The van der Waals surface area contributed by atoms with E-state index in [1.165, 1.54) is 6.07 Å². The van der Waals surface area contributed by atoms with E-state index < -0.39 is 0 Å². The number of amides is 1. The summed E-state index contributed by atoms with van der Waals surface area (Å²) < 4.78 is 19.8. The van der Waals surface area contributed by atoms with Gasteiger partial charge in [0.2, 0.25) is 5.91 Å². The molecule has 1 amide bonds. The van der Waals surface area contributed by atoms with Gasteiger partial charge in [-0.1, -0.05) is 22.0 Å². The molecule has 2 aromatic rings. The SMILES string of the molecule is C=CCN(Cc1cc(Br)ccc1F)C(=O)CCc1ccco1. The topological polar surface area (TPSA) is 33.5 Å². The van der Waals surface area contributed by atoms with Gasteiger partial charge in [-0.25, -0.2) is 4.39 Å². The van der Waals surface area contributed by atoms with Crippen LogP contribution in [0.2, 0.25) is 0 Å². The monoisotopic (exact) mass is 365 g/mol. The molecule has 3 nitrogen and oxygen atoms in total. The molecule has 116 valence electrons. The summed E-state index contributed by atoms with van der Waals surface area (Å²) in [6.45, 7) is 4.25. The Morgan fingerprint density at radius 3 is 2.91 bits per heavy atom. The van der Waals surface area contributed by atoms with Gasteiger partial charge in [0, 0.05) is 36.0 Å². The highest BCUT2D eigenvalue weighted by atomic mass is 79.9. The zero-order valence-electron chi connectivity index (χ0n) is 12.1. The zero-order valence-corrected chi connectivity index (χ0v) is 13.7. The van der Waals surface area contributed by atoms with Crippen LogP contribution in [0.3, 0.4) is 0 Å². The minimum Gasteiger partial charge on any atom is -0.469 e. The predicted octanol–water partition coefficient (Wildman–Crippen LogP) is 4.33. The predicted molar refractivity (Wildman–Crippen MR) is 86.7 cm³/mol. The van der Waals surface area contributed by atoms with Crippen LogP contribution in [0.15, 0.2) is 58.1 Å². The normalized spacial score (nSPS) is 10.5. The highest BCUT2D eigenvalue weighted by Crippen LogP contribution is 2.18. The van der Waals surface area contributed by atoms with Crippen LogP contribution in [-0.2, 0) is 17.8 Å². The number of hydrogen-bond donors (Lipinski definition) is 0. The van der Waals surface area contributed by atoms with Gasteiger partial charge in [-0.05, 0) is 30.3 Å². The molecule has 0 N–H and O–H groups in total. The fourth-order valence-electron chi connectivity index (χ4n) is 2.12. The Labute approximate surface area is 137 Å². The standard InChI is InChI=1S/C17H17BrFNO2/c1-2-9-20(12-13-11-14(18)5-7-16(13)19)17(21)8-6-15-4-3-10-22-15/h2-5,7,10-11H,1,6,8-9,12H2. The second kappa shape index (κ2) is 7.94. The quantitative estimate of drug-likeness (QED) is 0.684. The molecule has 0 atom stereocenters. The molecule has 2 rings (SSSR count). The first kappa shape index (κ1) is 16.5. The Morgan fingerprint density at radius 1 is 1.41 bits per heavy atom. The fraction of sp³-hybridized carbons (Fsp3) is 0.235. The first-order valence-corrected chi connectivity index (χ1v) is 7.74. The molecule has 0 spiro atoms. The van der Waals surface area contributed by atoms with E-state index >= 15 is 0 Å². The Bertz CT molecular complexity index is 640. The summed E-state index contributed by atoms with van der Waals surface area (Å²) in [5, 5.41) is 0. The van der Waals surface area contributed by atoms with Gasteiger partial charge >= 0.3 is 0 Å². The van der Waals surface area contributed by atoms with Gasteiger partial charge in [-0.15, -0.1) is 6.58 Å². The summed E-state index contributed by atoms with van der Waals surface area (Å²) in [4.78, 5) is 13.9. The van der Waals surface area contributed by atoms with E-state index in [2.05, 4.69) is 22.5 Å². The lowest BCUT2D eigenvalue weighted by molar-refractivity contribution is -0.131. The van der Waals surface area contributed by atoms with Crippen LogP contribution in [0.25, 0.3) is 0 Å². The van der Waals surface area contributed by atoms with E-state index in [0.29, 0.717) is 24.9 Å². The van der Waals surface area contributed by atoms with Crippen LogP contribution in [-0.4, -0.2) is 17.4 Å². The van der Waals surface area contributed by atoms with Gasteiger partial charge in [0.15, 0.2) is 0 Å². The van der Waals surface area contributed by atoms with Crippen molar-refractivity contribution in [3.05, 3.63) is 70.9 Å². The van der Waals surface area contributed by atoms with Crippen LogP contribution in [0.5, 0.6) is 0 Å². The molecule has 0 fully saturated rings. The molecule has 0 aliphatic heterocycles. The average molecular weight is 366 g/mol. The van der Waals surface area contributed by atoms with Crippen molar-refractivity contribution in [3.63, 3.8) is 0 Å². The third-order valence-electron chi connectivity index (χ3n) is 3.24. The summed E-state index contributed by atoms with van der Waals surface area (Å²) >= 11 is 3.32. The lowest BCUT2D eigenvalue weighted by Crippen LogP contribution is -2.31. The molecule has 1 heterocycles. The van der Waals surface area contributed by atoms with Crippen molar-refractivity contribution in [2.45, 2.75) is 19.4 Å². The van der Waals surface area contributed by atoms with Crippen molar-refractivity contribution in [3.8, 4) is 0 Å². The maximum Gasteiger partial charge on any atom is 0.223 e. The van der Waals surface area contributed by atoms with Crippen molar-refractivity contribution in [1.29, 1.82) is 0 Å². The number of carbonyl (C=O) groups is 1. The van der Waals surface area contributed by atoms with Gasteiger partial charge in [0.1, 0.15) is 11.6 Å². The molecule has 22 heavy (non-hydrogen) atoms. The summed E-state index contributed by atoms with van der Waals surface area (Å²) in [6.07, 6.45) is 4.07. The van der Waals surface area contributed by atoms with E-state index in [-0.39, 0.29) is 18.3 Å². The summed E-state index contributed by atoms with van der Waals surface area (Å²) in [7, 11) is 0. The molecule has 0 bridgehead atoms. The summed E-state index contributed by atoms with van der Waals surface area (Å²) in [5.41, 5.74) is 0.475. The Balaban J connectivity index is 2.03. The number of carbonyl (C=O) groups excluding carboxylic acids is 1. The van der Waals surface area contributed by atoms with Crippen molar-refractivity contribution >= 4 is 21.8 Å². The second-order valence-electron chi connectivity index (χ2n) is 4.88. The minimum atomic E-state index is -0.323. The summed E-state index contributed by atoms with van der Waals surface area (Å²) in [6, 6.07) is 8.33. The molecule has 1 aromatic carbocycles. The van der Waals surface area contributed by atoms with Crippen LogP contribution in [0, 0.1) is 5.82 Å². The first-order valence-electron chi connectivity index (χ1n) is 6.95. The number of halogens is 2. The number of benzene rings is 1. The molecular formula is C17H17BrFNO2. The lowest BCUT2D eigenvalue weighted by Gasteiger charge is -2.21. The van der Waals surface area contributed by atoms with Crippen LogP contribution >= 0.6 is 15.9 Å². The molecule has 0 saturated heterocycles. The van der Waals surface area contributed by atoms with Gasteiger partial charge in [0.25, 0.3) is 0 Å². The zero-order chi connectivity index (χ0) is 15.9. The van der Waals surface area contributed by atoms with Gasteiger partial charge in [0.05, 0.1) is 6.26 Å². The third kappa shape index (κ3) is 4.56. The molecule has 0 aliphatic rings. The molecule has 0 unspecified atom stereocenters. The maximum absolute atomic E-state index is 13.8. The first-order chi connectivity index (χ1) is 10.6. The Morgan fingerprint density at radius 2 is 2.23 bits per heavy atom. The average Bonchev–Trinajstić information content (AvgIpc) is 3.01. The van der Waals surface area contributed by atoms with Crippen LogP contribution in [0.4, 0.5) is 4.39 Å². The van der Waals surface area contributed by atoms with E-state index in [4.69, 9.17) is 4.42 Å². The van der Waals surface area contributed by atoms with Crippen LogP contribution in [0.1, 0.15) is 17.7 Å². The molecule has 0 saturated carbocycles. The third-order valence-corrected chi connectivity index (χ3v) is 3.73. The van der Waals surface area contributed by atoms with Gasteiger partial charge in [-0.3, -0.25) is 4.79 Å². The molecule has 1 aromatic heterocycles. The number of rotatable bonds is 7. The number of aryl methyl sites for hydroxylation is 1. The highest BCUT2D eigenvalue weighted by Gasteiger charge is 2.15. The largest absolute Gasteiger partial charge is 0.469 e.